The standard InChI is InChI=1S/C18H19BO2/c1-6-13-9-7-10-14-11-8-12-15(16(13)14)19-20-17(2,3)18(4,5)21-19/h1,7-12H,2-5H3. The molecule has 3 heteroatoms. The van der Waals surface area contributed by atoms with E-state index in [2.05, 4.69) is 45.7 Å². The van der Waals surface area contributed by atoms with E-state index < -0.39 is 7.12 Å². The monoisotopic (exact) mass is 278 g/mol. The molecule has 0 bridgehead atoms. The van der Waals surface area contributed by atoms with Crippen molar-refractivity contribution in [3.63, 3.8) is 0 Å². The largest absolute Gasteiger partial charge is 0.495 e. The van der Waals surface area contributed by atoms with Gasteiger partial charge in [-0.3, -0.25) is 0 Å². The van der Waals surface area contributed by atoms with Gasteiger partial charge in [-0.1, -0.05) is 36.3 Å². The Hall–Kier alpha value is -1.76. The van der Waals surface area contributed by atoms with Crippen molar-refractivity contribution in [2.45, 2.75) is 38.9 Å². The van der Waals surface area contributed by atoms with Crippen molar-refractivity contribution in [1.82, 2.24) is 0 Å². The van der Waals surface area contributed by atoms with Gasteiger partial charge in [-0.05, 0) is 50.0 Å². The molecular weight excluding hydrogens is 259 g/mol. The molecule has 0 atom stereocenters. The molecule has 0 aliphatic carbocycles. The Balaban J connectivity index is 2.17. The summed E-state index contributed by atoms with van der Waals surface area (Å²) in [5.74, 6) is 2.76. The molecular formula is C18H19BO2. The van der Waals surface area contributed by atoms with E-state index in [0.29, 0.717) is 0 Å². The summed E-state index contributed by atoms with van der Waals surface area (Å²) in [4.78, 5) is 0. The number of terminal acetylenes is 1. The number of rotatable bonds is 1. The number of fused-ring (bicyclic) bond motifs is 1. The van der Waals surface area contributed by atoms with Gasteiger partial charge in [0.2, 0.25) is 0 Å². The molecule has 2 aromatic carbocycles. The van der Waals surface area contributed by atoms with Crippen LogP contribution in [0.15, 0.2) is 36.4 Å². The van der Waals surface area contributed by atoms with E-state index in [1.54, 1.807) is 0 Å². The molecule has 106 valence electrons. The molecule has 1 heterocycles. The minimum absolute atomic E-state index is 0.356. The van der Waals surface area contributed by atoms with Gasteiger partial charge in [0.1, 0.15) is 0 Å². The maximum Gasteiger partial charge on any atom is 0.495 e. The third-order valence-corrected chi connectivity index (χ3v) is 4.60. The minimum atomic E-state index is -0.395. The molecule has 0 saturated carbocycles. The second-order valence-electron chi connectivity index (χ2n) is 6.48. The molecule has 0 radical (unpaired) electrons. The highest BCUT2D eigenvalue weighted by atomic mass is 16.7. The minimum Gasteiger partial charge on any atom is -0.399 e. The molecule has 2 nitrogen and oxygen atoms in total. The summed E-state index contributed by atoms with van der Waals surface area (Å²) in [5, 5.41) is 2.15. The first-order valence-corrected chi connectivity index (χ1v) is 7.20. The Morgan fingerprint density at radius 1 is 0.952 bits per heavy atom. The highest BCUT2D eigenvalue weighted by Gasteiger charge is 2.52. The van der Waals surface area contributed by atoms with Crippen molar-refractivity contribution in [2.75, 3.05) is 0 Å². The molecule has 3 rings (SSSR count). The average molecular weight is 278 g/mol. The lowest BCUT2D eigenvalue weighted by molar-refractivity contribution is 0.00578. The Morgan fingerprint density at radius 2 is 1.52 bits per heavy atom. The van der Waals surface area contributed by atoms with E-state index in [9.17, 15) is 0 Å². The van der Waals surface area contributed by atoms with Crippen LogP contribution in [0.3, 0.4) is 0 Å². The van der Waals surface area contributed by atoms with E-state index in [0.717, 1.165) is 21.8 Å². The Kier molecular flexibility index (Phi) is 3.13. The molecule has 1 saturated heterocycles. The quantitative estimate of drug-likeness (QED) is 0.589. The molecule has 1 aliphatic rings. The molecule has 2 aromatic rings. The zero-order valence-electron chi connectivity index (χ0n) is 12.9. The molecule has 0 N–H and O–H groups in total. The fourth-order valence-corrected chi connectivity index (χ4v) is 2.66. The summed E-state index contributed by atoms with van der Waals surface area (Å²) >= 11 is 0. The van der Waals surface area contributed by atoms with E-state index >= 15 is 0 Å². The van der Waals surface area contributed by atoms with Gasteiger partial charge >= 0.3 is 7.12 Å². The van der Waals surface area contributed by atoms with Gasteiger partial charge in [-0.15, -0.1) is 6.42 Å². The molecule has 21 heavy (non-hydrogen) atoms. The lowest BCUT2D eigenvalue weighted by Crippen LogP contribution is -2.41. The van der Waals surface area contributed by atoms with Crippen molar-refractivity contribution in [1.29, 1.82) is 0 Å². The van der Waals surface area contributed by atoms with Gasteiger partial charge in [0.15, 0.2) is 0 Å². The molecule has 1 fully saturated rings. The van der Waals surface area contributed by atoms with E-state index in [1.807, 2.05) is 24.3 Å². The molecule has 0 amide bonds. The Bertz CT molecular complexity index is 719. The van der Waals surface area contributed by atoms with Crippen LogP contribution in [0.1, 0.15) is 33.3 Å². The third-order valence-electron chi connectivity index (χ3n) is 4.60. The van der Waals surface area contributed by atoms with Crippen LogP contribution in [-0.4, -0.2) is 18.3 Å². The predicted octanol–water partition coefficient (Wildman–Crippen LogP) is 3.12. The van der Waals surface area contributed by atoms with Gasteiger partial charge in [-0.25, -0.2) is 0 Å². The van der Waals surface area contributed by atoms with Crippen molar-refractivity contribution in [2.24, 2.45) is 0 Å². The van der Waals surface area contributed by atoms with Crippen molar-refractivity contribution < 1.29 is 9.31 Å². The van der Waals surface area contributed by atoms with Gasteiger partial charge in [0.25, 0.3) is 0 Å². The number of hydrogen-bond acceptors (Lipinski definition) is 2. The topological polar surface area (TPSA) is 18.5 Å². The van der Waals surface area contributed by atoms with E-state index in [1.165, 1.54) is 0 Å². The first-order chi connectivity index (χ1) is 9.86. The summed E-state index contributed by atoms with van der Waals surface area (Å²) in [6.45, 7) is 8.22. The normalized spacial score (nSPS) is 19.7. The van der Waals surface area contributed by atoms with E-state index in [-0.39, 0.29) is 11.2 Å². The van der Waals surface area contributed by atoms with Crippen LogP contribution in [0.5, 0.6) is 0 Å². The predicted molar refractivity (Wildman–Crippen MR) is 87.6 cm³/mol. The maximum atomic E-state index is 6.17. The van der Waals surface area contributed by atoms with Crippen LogP contribution >= 0.6 is 0 Å². The summed E-state index contributed by atoms with van der Waals surface area (Å²) in [5.41, 5.74) is 1.16. The van der Waals surface area contributed by atoms with Crippen LogP contribution in [-0.2, 0) is 9.31 Å². The van der Waals surface area contributed by atoms with Gasteiger partial charge in [0, 0.05) is 5.56 Å². The highest BCUT2D eigenvalue weighted by molar-refractivity contribution is 6.65. The average Bonchev–Trinajstić information content (AvgIpc) is 2.66. The molecule has 0 aromatic heterocycles. The first-order valence-electron chi connectivity index (χ1n) is 7.20. The molecule has 0 spiro atoms. The van der Waals surface area contributed by atoms with Crippen molar-refractivity contribution >= 4 is 23.4 Å². The SMILES string of the molecule is C#Cc1cccc2cccc(B3OC(C)(C)C(C)(C)O3)c12. The second kappa shape index (κ2) is 4.63. The van der Waals surface area contributed by atoms with Crippen molar-refractivity contribution in [3.8, 4) is 12.3 Å². The first kappa shape index (κ1) is 14.2. The maximum absolute atomic E-state index is 6.17. The van der Waals surface area contributed by atoms with Crippen molar-refractivity contribution in [3.05, 3.63) is 42.0 Å². The smallest absolute Gasteiger partial charge is 0.399 e. The zero-order chi connectivity index (χ0) is 15.3. The fourth-order valence-electron chi connectivity index (χ4n) is 2.66. The van der Waals surface area contributed by atoms with Crippen LogP contribution in [0.4, 0.5) is 0 Å². The van der Waals surface area contributed by atoms with Crippen LogP contribution < -0.4 is 5.46 Å². The summed E-state index contributed by atoms with van der Waals surface area (Å²) < 4.78 is 12.3. The van der Waals surface area contributed by atoms with Crippen LogP contribution in [0, 0.1) is 12.3 Å². The number of benzene rings is 2. The number of hydrogen-bond donors (Lipinski definition) is 0. The van der Waals surface area contributed by atoms with Gasteiger partial charge in [-0.2, -0.15) is 0 Å². The Morgan fingerprint density at radius 3 is 2.10 bits per heavy atom. The lowest BCUT2D eigenvalue weighted by Gasteiger charge is -2.32. The van der Waals surface area contributed by atoms with Gasteiger partial charge < -0.3 is 9.31 Å². The lowest BCUT2D eigenvalue weighted by atomic mass is 9.75. The van der Waals surface area contributed by atoms with Crippen LogP contribution in [0.2, 0.25) is 0 Å². The fraction of sp³-hybridized carbons (Fsp3) is 0.333. The molecule has 0 unspecified atom stereocenters. The van der Waals surface area contributed by atoms with E-state index in [4.69, 9.17) is 15.7 Å². The van der Waals surface area contributed by atoms with Gasteiger partial charge in [0.05, 0.1) is 11.2 Å². The second-order valence-corrected chi connectivity index (χ2v) is 6.48. The Labute approximate surface area is 126 Å². The summed E-state index contributed by atoms with van der Waals surface area (Å²) in [7, 11) is -0.395. The highest BCUT2D eigenvalue weighted by Crippen LogP contribution is 2.37. The van der Waals surface area contributed by atoms with Crippen LogP contribution in [0.25, 0.3) is 10.8 Å². The third kappa shape index (κ3) is 2.16. The molecule has 1 aliphatic heterocycles. The summed E-state index contributed by atoms with van der Waals surface area (Å²) in [6, 6.07) is 12.1. The summed E-state index contributed by atoms with van der Waals surface area (Å²) in [6.07, 6.45) is 5.66. The zero-order valence-corrected chi connectivity index (χ0v) is 12.9.